The first-order valence-electron chi connectivity index (χ1n) is 5.43. The lowest BCUT2D eigenvalue weighted by Gasteiger charge is -1.98. The normalized spacial score (nSPS) is 10.7. The lowest BCUT2D eigenvalue weighted by molar-refractivity contribution is 0.0697. The minimum Gasteiger partial charge on any atom is -0.478 e. The lowest BCUT2D eigenvalue weighted by Crippen LogP contribution is -1.97. The number of Topliss-reactive ketones (excluding diaryl/α,β-unsaturated/α-hetero) is 1. The van der Waals surface area contributed by atoms with E-state index < -0.39 is 5.97 Å². The Kier molecular flexibility index (Phi) is 2.71. The number of carbonyl (C=O) groups is 2. The first kappa shape index (κ1) is 11.4. The molecule has 0 saturated carbocycles. The smallest absolute Gasteiger partial charge is 0.335 e. The van der Waals surface area contributed by atoms with Gasteiger partial charge in [-0.2, -0.15) is 0 Å². The van der Waals surface area contributed by atoms with Crippen molar-refractivity contribution in [2.24, 2.45) is 0 Å². The van der Waals surface area contributed by atoms with Crippen molar-refractivity contribution in [3.8, 4) is 0 Å². The van der Waals surface area contributed by atoms with E-state index in [-0.39, 0.29) is 11.3 Å². The Hall–Kier alpha value is -2.10. The van der Waals surface area contributed by atoms with Crippen LogP contribution in [0.15, 0.2) is 18.2 Å². The molecule has 0 bridgehead atoms. The van der Waals surface area contributed by atoms with E-state index in [1.54, 1.807) is 12.1 Å². The number of fused-ring (bicyclic) bond motifs is 1. The van der Waals surface area contributed by atoms with Gasteiger partial charge in [-0.05, 0) is 30.2 Å². The molecule has 0 atom stereocenters. The average molecular weight is 231 g/mol. The van der Waals surface area contributed by atoms with Gasteiger partial charge in [0, 0.05) is 17.8 Å². The van der Waals surface area contributed by atoms with Crippen LogP contribution in [0.3, 0.4) is 0 Å². The van der Waals surface area contributed by atoms with Crippen LogP contribution < -0.4 is 0 Å². The molecule has 2 rings (SSSR count). The van der Waals surface area contributed by atoms with Gasteiger partial charge in [0.15, 0.2) is 5.78 Å². The Morgan fingerprint density at radius 3 is 2.59 bits per heavy atom. The zero-order chi connectivity index (χ0) is 12.6. The Labute approximate surface area is 98.3 Å². The topological polar surface area (TPSA) is 70.2 Å². The number of hydrogen-bond acceptors (Lipinski definition) is 2. The fraction of sp³-hybridized carbons (Fsp3) is 0.231. The molecule has 88 valence electrons. The van der Waals surface area contributed by atoms with Gasteiger partial charge in [0.2, 0.25) is 0 Å². The maximum atomic E-state index is 11.5. The van der Waals surface area contributed by atoms with E-state index in [0.29, 0.717) is 12.1 Å². The summed E-state index contributed by atoms with van der Waals surface area (Å²) in [6.07, 6.45) is 0.692. The molecule has 0 radical (unpaired) electrons. The number of ketones is 1. The first-order valence-corrected chi connectivity index (χ1v) is 5.43. The van der Waals surface area contributed by atoms with Gasteiger partial charge in [0.25, 0.3) is 0 Å². The third-order valence-electron chi connectivity index (χ3n) is 2.86. The summed E-state index contributed by atoms with van der Waals surface area (Å²) < 4.78 is 0. The Bertz CT molecular complexity index is 610. The summed E-state index contributed by atoms with van der Waals surface area (Å²) in [5.74, 6) is -0.991. The van der Waals surface area contributed by atoms with Crippen molar-refractivity contribution in [3.05, 3.63) is 35.0 Å². The second-order valence-electron chi connectivity index (χ2n) is 3.95. The molecule has 1 aromatic heterocycles. The molecule has 2 N–H and O–H groups in total. The minimum atomic E-state index is -0.959. The number of aromatic carboxylic acids is 1. The number of hydrogen-bond donors (Lipinski definition) is 2. The molecule has 0 aliphatic heterocycles. The molecule has 0 spiro atoms. The van der Waals surface area contributed by atoms with Crippen LogP contribution in [0.1, 0.15) is 40.3 Å². The van der Waals surface area contributed by atoms with Gasteiger partial charge in [0.05, 0.1) is 11.3 Å². The van der Waals surface area contributed by atoms with E-state index in [2.05, 4.69) is 4.98 Å². The Morgan fingerprint density at radius 2 is 2.06 bits per heavy atom. The molecule has 0 saturated heterocycles. The largest absolute Gasteiger partial charge is 0.478 e. The van der Waals surface area contributed by atoms with Crippen molar-refractivity contribution in [1.29, 1.82) is 0 Å². The van der Waals surface area contributed by atoms with Gasteiger partial charge >= 0.3 is 5.97 Å². The summed E-state index contributed by atoms with van der Waals surface area (Å²) in [4.78, 5) is 25.4. The molecule has 0 unspecified atom stereocenters. The number of aromatic nitrogens is 1. The van der Waals surface area contributed by atoms with Gasteiger partial charge in [-0.25, -0.2) is 4.79 Å². The highest BCUT2D eigenvalue weighted by Gasteiger charge is 2.14. The van der Waals surface area contributed by atoms with Crippen molar-refractivity contribution in [1.82, 2.24) is 4.98 Å². The fourth-order valence-electron chi connectivity index (χ4n) is 2.05. The van der Waals surface area contributed by atoms with Crippen molar-refractivity contribution in [2.45, 2.75) is 20.3 Å². The third kappa shape index (κ3) is 1.82. The standard InChI is InChI=1S/C13H13NO3/c1-3-9-10-6-8(13(16)17)4-5-11(10)14-12(9)7(2)15/h4-6,14H,3H2,1-2H3,(H,16,17). The van der Waals surface area contributed by atoms with Gasteiger partial charge in [0.1, 0.15) is 0 Å². The molecule has 0 aliphatic rings. The molecule has 0 fully saturated rings. The molecule has 2 aromatic rings. The minimum absolute atomic E-state index is 0.0325. The zero-order valence-corrected chi connectivity index (χ0v) is 9.70. The van der Waals surface area contributed by atoms with E-state index in [4.69, 9.17) is 5.11 Å². The monoisotopic (exact) mass is 231 g/mol. The van der Waals surface area contributed by atoms with E-state index in [1.165, 1.54) is 13.0 Å². The van der Waals surface area contributed by atoms with Crippen LogP contribution >= 0.6 is 0 Å². The number of carboxylic acids is 1. The summed E-state index contributed by atoms with van der Waals surface area (Å²) >= 11 is 0. The molecule has 1 heterocycles. The van der Waals surface area contributed by atoms with Gasteiger partial charge in [-0.3, -0.25) is 4.79 Å². The van der Waals surface area contributed by atoms with Crippen LogP contribution in [0.4, 0.5) is 0 Å². The van der Waals surface area contributed by atoms with Crippen LogP contribution in [-0.2, 0) is 6.42 Å². The Morgan fingerprint density at radius 1 is 1.35 bits per heavy atom. The summed E-state index contributed by atoms with van der Waals surface area (Å²) in [6.45, 7) is 3.45. The van der Waals surface area contributed by atoms with E-state index in [0.717, 1.165) is 16.5 Å². The molecular formula is C13H13NO3. The van der Waals surface area contributed by atoms with Crippen molar-refractivity contribution >= 4 is 22.7 Å². The average Bonchev–Trinajstić information content (AvgIpc) is 2.66. The molecule has 0 aliphatic carbocycles. The number of aryl methyl sites for hydroxylation is 1. The van der Waals surface area contributed by atoms with Crippen LogP contribution in [0.2, 0.25) is 0 Å². The number of aromatic amines is 1. The van der Waals surface area contributed by atoms with Gasteiger partial charge < -0.3 is 10.1 Å². The fourth-order valence-corrected chi connectivity index (χ4v) is 2.05. The summed E-state index contributed by atoms with van der Waals surface area (Å²) in [5, 5.41) is 9.76. The SMILES string of the molecule is CCc1c(C(C)=O)[nH]c2ccc(C(=O)O)cc12. The van der Waals surface area contributed by atoms with Crippen LogP contribution in [0, 0.1) is 0 Å². The number of carboxylic acid groups (broad SMARTS) is 1. The van der Waals surface area contributed by atoms with Crippen LogP contribution in [0.25, 0.3) is 10.9 Å². The zero-order valence-electron chi connectivity index (χ0n) is 9.70. The molecular weight excluding hydrogens is 218 g/mol. The highest BCUT2D eigenvalue weighted by atomic mass is 16.4. The molecule has 4 heteroatoms. The van der Waals surface area contributed by atoms with E-state index in [1.807, 2.05) is 6.92 Å². The van der Waals surface area contributed by atoms with Gasteiger partial charge in [-0.15, -0.1) is 0 Å². The second kappa shape index (κ2) is 4.05. The van der Waals surface area contributed by atoms with Crippen molar-refractivity contribution in [2.75, 3.05) is 0 Å². The number of H-pyrrole nitrogens is 1. The molecule has 4 nitrogen and oxygen atoms in total. The number of carbonyl (C=O) groups excluding carboxylic acids is 1. The van der Waals surface area contributed by atoms with Crippen molar-refractivity contribution < 1.29 is 14.7 Å². The third-order valence-corrected chi connectivity index (χ3v) is 2.86. The second-order valence-corrected chi connectivity index (χ2v) is 3.95. The van der Waals surface area contributed by atoms with E-state index >= 15 is 0 Å². The lowest BCUT2D eigenvalue weighted by atomic mass is 10.0. The Balaban J connectivity index is 2.75. The van der Waals surface area contributed by atoms with Crippen LogP contribution in [0.5, 0.6) is 0 Å². The maximum absolute atomic E-state index is 11.5. The highest BCUT2D eigenvalue weighted by Crippen LogP contribution is 2.24. The van der Waals surface area contributed by atoms with Crippen molar-refractivity contribution in [3.63, 3.8) is 0 Å². The quantitative estimate of drug-likeness (QED) is 0.798. The van der Waals surface area contributed by atoms with Crippen LogP contribution in [-0.4, -0.2) is 21.8 Å². The molecule has 1 aromatic carbocycles. The maximum Gasteiger partial charge on any atom is 0.335 e. The number of rotatable bonds is 3. The number of nitrogens with one attached hydrogen (secondary N) is 1. The van der Waals surface area contributed by atoms with E-state index in [9.17, 15) is 9.59 Å². The summed E-state index contributed by atoms with van der Waals surface area (Å²) in [5.41, 5.74) is 2.50. The summed E-state index contributed by atoms with van der Waals surface area (Å²) in [6, 6.07) is 4.84. The molecule has 0 amide bonds. The highest BCUT2D eigenvalue weighted by molar-refractivity contribution is 6.02. The number of benzene rings is 1. The first-order chi connectivity index (χ1) is 8.04. The predicted octanol–water partition coefficient (Wildman–Crippen LogP) is 2.63. The van der Waals surface area contributed by atoms with Gasteiger partial charge in [-0.1, -0.05) is 6.92 Å². The summed E-state index contributed by atoms with van der Waals surface area (Å²) in [7, 11) is 0. The molecule has 17 heavy (non-hydrogen) atoms. The predicted molar refractivity (Wildman–Crippen MR) is 64.6 cm³/mol.